The zero-order valence-corrected chi connectivity index (χ0v) is 14.5. The normalized spacial score (nSPS) is 17.6. The number of aliphatic hydroxyl groups is 1. The van der Waals surface area contributed by atoms with Crippen molar-refractivity contribution in [3.8, 4) is 0 Å². The summed E-state index contributed by atoms with van der Waals surface area (Å²) in [7, 11) is -3.20. The molecule has 0 aliphatic rings. The molecule has 0 aromatic carbocycles. The lowest BCUT2D eigenvalue weighted by atomic mass is 10.5. The summed E-state index contributed by atoms with van der Waals surface area (Å²) in [5.74, 6) is 0. The van der Waals surface area contributed by atoms with Crippen LogP contribution in [0.15, 0.2) is 0 Å². The molecule has 122 valence electrons. The molecular weight excluding hydrogens is 326 g/mol. The van der Waals surface area contributed by atoms with E-state index in [0.717, 1.165) is 0 Å². The van der Waals surface area contributed by atoms with E-state index >= 15 is 0 Å². The highest BCUT2D eigenvalue weighted by atomic mass is 35.5. The molecule has 0 rings (SSSR count). The SMILES string of the molecule is CC(Cl)COP(=O)(CC(C)Cl)OCCCOCCCO. The molecule has 0 heterocycles. The molecule has 0 amide bonds. The minimum atomic E-state index is -3.20. The molecule has 0 aliphatic heterocycles. The molecule has 0 radical (unpaired) electrons. The molecule has 0 aromatic rings. The first kappa shape index (κ1) is 20.6. The molecule has 0 aromatic heterocycles. The van der Waals surface area contributed by atoms with Gasteiger partial charge in [0.05, 0.1) is 24.8 Å². The number of ether oxygens (including phenoxy) is 1. The molecular formula is C12H25Cl2O5P. The van der Waals surface area contributed by atoms with Gasteiger partial charge in [-0.05, 0) is 26.7 Å². The highest BCUT2D eigenvalue weighted by Gasteiger charge is 2.27. The van der Waals surface area contributed by atoms with Crippen molar-refractivity contribution >= 4 is 30.8 Å². The monoisotopic (exact) mass is 350 g/mol. The van der Waals surface area contributed by atoms with Crippen LogP contribution in [0.4, 0.5) is 0 Å². The van der Waals surface area contributed by atoms with Crippen molar-refractivity contribution in [3.63, 3.8) is 0 Å². The predicted molar refractivity (Wildman–Crippen MR) is 82.1 cm³/mol. The second-order valence-corrected chi connectivity index (χ2v) is 8.12. The highest BCUT2D eigenvalue weighted by Crippen LogP contribution is 2.49. The van der Waals surface area contributed by atoms with Crippen LogP contribution in [-0.4, -0.2) is 55.1 Å². The third kappa shape index (κ3) is 12.4. The van der Waals surface area contributed by atoms with E-state index in [1.165, 1.54) is 0 Å². The first-order valence-corrected chi connectivity index (χ1v) is 9.34. The van der Waals surface area contributed by atoms with Gasteiger partial charge in [0.2, 0.25) is 0 Å². The topological polar surface area (TPSA) is 65.0 Å². The van der Waals surface area contributed by atoms with Gasteiger partial charge < -0.3 is 18.9 Å². The van der Waals surface area contributed by atoms with Crippen molar-refractivity contribution in [2.75, 3.05) is 39.2 Å². The summed E-state index contributed by atoms with van der Waals surface area (Å²) in [4.78, 5) is 0. The fourth-order valence-electron chi connectivity index (χ4n) is 1.30. The van der Waals surface area contributed by atoms with E-state index < -0.39 is 7.60 Å². The van der Waals surface area contributed by atoms with E-state index in [-0.39, 0.29) is 36.7 Å². The van der Waals surface area contributed by atoms with Gasteiger partial charge in [-0.15, -0.1) is 23.2 Å². The summed E-state index contributed by atoms with van der Waals surface area (Å²) in [5.41, 5.74) is 0. The molecule has 0 spiro atoms. The highest BCUT2D eigenvalue weighted by molar-refractivity contribution is 7.54. The Bertz CT molecular complexity index is 277. The van der Waals surface area contributed by atoms with Crippen LogP contribution in [0.2, 0.25) is 0 Å². The fourth-order valence-corrected chi connectivity index (χ4v) is 3.72. The molecule has 20 heavy (non-hydrogen) atoms. The molecule has 0 saturated heterocycles. The second kappa shape index (κ2) is 12.2. The van der Waals surface area contributed by atoms with Gasteiger partial charge in [0.25, 0.3) is 0 Å². The van der Waals surface area contributed by atoms with Gasteiger partial charge in [0.1, 0.15) is 0 Å². The summed E-state index contributed by atoms with van der Waals surface area (Å²) >= 11 is 11.6. The summed E-state index contributed by atoms with van der Waals surface area (Å²) < 4.78 is 28.3. The number of rotatable bonds is 13. The van der Waals surface area contributed by atoms with Gasteiger partial charge in [-0.3, -0.25) is 4.57 Å². The van der Waals surface area contributed by atoms with Crippen LogP contribution in [0, 0.1) is 0 Å². The number of halogens is 2. The van der Waals surface area contributed by atoms with E-state index in [1.54, 1.807) is 13.8 Å². The van der Waals surface area contributed by atoms with E-state index in [4.69, 9.17) is 42.1 Å². The lowest BCUT2D eigenvalue weighted by molar-refractivity contribution is 0.101. The minimum absolute atomic E-state index is 0.115. The number of hydrogen-bond acceptors (Lipinski definition) is 5. The predicted octanol–water partition coefficient (Wildman–Crippen LogP) is 3.26. The number of aliphatic hydroxyl groups excluding tert-OH is 1. The Morgan fingerprint density at radius 3 is 2.25 bits per heavy atom. The summed E-state index contributed by atoms with van der Waals surface area (Å²) in [6, 6.07) is 0. The number of alkyl halides is 2. The van der Waals surface area contributed by atoms with Crippen molar-refractivity contribution in [3.05, 3.63) is 0 Å². The quantitative estimate of drug-likeness (QED) is 0.313. The van der Waals surface area contributed by atoms with E-state index in [0.29, 0.717) is 26.1 Å². The van der Waals surface area contributed by atoms with Gasteiger partial charge in [0.15, 0.2) is 0 Å². The smallest absolute Gasteiger partial charge is 0.332 e. The summed E-state index contributed by atoms with van der Waals surface area (Å²) in [6.45, 7) is 5.04. The molecule has 3 atom stereocenters. The molecule has 0 saturated carbocycles. The van der Waals surface area contributed by atoms with Crippen LogP contribution >= 0.6 is 30.8 Å². The summed E-state index contributed by atoms with van der Waals surface area (Å²) in [5, 5.41) is 8.05. The van der Waals surface area contributed by atoms with Crippen molar-refractivity contribution in [2.45, 2.75) is 37.4 Å². The maximum atomic E-state index is 12.4. The number of hydrogen-bond donors (Lipinski definition) is 1. The Kier molecular flexibility index (Phi) is 12.6. The molecule has 8 heteroatoms. The van der Waals surface area contributed by atoms with E-state index in [2.05, 4.69) is 0 Å². The van der Waals surface area contributed by atoms with Gasteiger partial charge in [-0.1, -0.05) is 0 Å². The molecule has 5 nitrogen and oxygen atoms in total. The Hall–Kier alpha value is 0.650. The molecule has 0 fully saturated rings. The van der Waals surface area contributed by atoms with Crippen LogP contribution in [-0.2, 0) is 18.3 Å². The minimum Gasteiger partial charge on any atom is -0.396 e. The first-order chi connectivity index (χ1) is 9.39. The third-order valence-corrected chi connectivity index (χ3v) is 4.75. The Morgan fingerprint density at radius 1 is 1.05 bits per heavy atom. The zero-order chi connectivity index (χ0) is 15.4. The standard InChI is InChI=1S/C12H25Cl2O5P/c1-11(13)9-19-20(16,10-12(2)14)18-8-4-7-17-6-3-5-15/h11-12,15H,3-10H2,1-2H3. The second-order valence-electron chi connectivity index (χ2n) is 4.53. The molecule has 0 bridgehead atoms. The lowest BCUT2D eigenvalue weighted by Crippen LogP contribution is -2.12. The van der Waals surface area contributed by atoms with Gasteiger partial charge in [0, 0.05) is 25.2 Å². The van der Waals surface area contributed by atoms with Crippen molar-refractivity contribution in [2.24, 2.45) is 0 Å². The largest absolute Gasteiger partial charge is 0.396 e. The van der Waals surface area contributed by atoms with Gasteiger partial charge in [-0.2, -0.15) is 0 Å². The fraction of sp³-hybridized carbons (Fsp3) is 1.00. The summed E-state index contributed by atoms with van der Waals surface area (Å²) in [6.07, 6.45) is 1.37. The van der Waals surface area contributed by atoms with Crippen LogP contribution in [0.25, 0.3) is 0 Å². The van der Waals surface area contributed by atoms with Gasteiger partial charge in [-0.25, -0.2) is 0 Å². The molecule has 1 N–H and O–H groups in total. The third-order valence-electron chi connectivity index (χ3n) is 2.14. The van der Waals surface area contributed by atoms with Crippen LogP contribution in [0.3, 0.4) is 0 Å². The van der Waals surface area contributed by atoms with Gasteiger partial charge >= 0.3 is 7.60 Å². The Morgan fingerprint density at radius 2 is 1.70 bits per heavy atom. The van der Waals surface area contributed by atoms with Crippen molar-refractivity contribution < 1.29 is 23.5 Å². The Balaban J connectivity index is 3.94. The zero-order valence-electron chi connectivity index (χ0n) is 12.1. The maximum absolute atomic E-state index is 12.4. The molecule has 0 aliphatic carbocycles. The average Bonchev–Trinajstić information content (AvgIpc) is 2.35. The van der Waals surface area contributed by atoms with Crippen LogP contribution in [0.5, 0.6) is 0 Å². The van der Waals surface area contributed by atoms with Crippen molar-refractivity contribution in [1.82, 2.24) is 0 Å². The maximum Gasteiger partial charge on any atom is 0.332 e. The first-order valence-electron chi connectivity index (χ1n) is 6.74. The average molecular weight is 351 g/mol. The van der Waals surface area contributed by atoms with E-state index in [9.17, 15) is 4.57 Å². The Labute approximate surface area is 131 Å². The lowest BCUT2D eigenvalue weighted by Gasteiger charge is -2.20. The van der Waals surface area contributed by atoms with Crippen LogP contribution in [0.1, 0.15) is 26.7 Å². The molecule has 3 unspecified atom stereocenters. The van der Waals surface area contributed by atoms with E-state index in [1.807, 2.05) is 0 Å². The van der Waals surface area contributed by atoms with Crippen molar-refractivity contribution in [1.29, 1.82) is 0 Å². The van der Waals surface area contributed by atoms with Crippen LogP contribution < -0.4 is 0 Å².